The number of nitrogens with one attached hydrogen (secondary N) is 1. The molecule has 0 aliphatic heterocycles. The van der Waals surface area contributed by atoms with Gasteiger partial charge in [0.2, 0.25) is 5.91 Å². The minimum absolute atomic E-state index is 0.0361. The van der Waals surface area contributed by atoms with E-state index in [1.807, 2.05) is 0 Å². The normalized spacial score (nSPS) is 24.6. The van der Waals surface area contributed by atoms with E-state index in [0.29, 0.717) is 0 Å². The molecule has 0 aromatic rings. The number of amides is 1. The summed E-state index contributed by atoms with van der Waals surface area (Å²) in [7, 11) is 0. The minimum atomic E-state index is 0.0361. The Kier molecular flexibility index (Phi) is 8.15. The molecular formula is C16H33N3O. The van der Waals surface area contributed by atoms with Gasteiger partial charge in [-0.3, -0.25) is 4.79 Å². The molecule has 3 N–H and O–H groups in total. The monoisotopic (exact) mass is 283 g/mol. The Hall–Kier alpha value is -0.610. The van der Waals surface area contributed by atoms with Crippen molar-refractivity contribution in [2.24, 2.45) is 11.7 Å². The van der Waals surface area contributed by atoms with Crippen LogP contribution in [0.4, 0.5) is 0 Å². The topological polar surface area (TPSA) is 58.4 Å². The van der Waals surface area contributed by atoms with E-state index in [2.05, 4.69) is 31.0 Å². The fraction of sp³-hybridized carbons (Fsp3) is 0.938. The van der Waals surface area contributed by atoms with Crippen molar-refractivity contribution in [3.63, 3.8) is 0 Å². The van der Waals surface area contributed by atoms with Crippen LogP contribution in [0.15, 0.2) is 0 Å². The van der Waals surface area contributed by atoms with Crippen molar-refractivity contribution in [2.75, 3.05) is 19.6 Å². The quantitative estimate of drug-likeness (QED) is 0.717. The van der Waals surface area contributed by atoms with E-state index in [9.17, 15) is 4.79 Å². The van der Waals surface area contributed by atoms with Crippen LogP contribution in [-0.2, 0) is 4.79 Å². The van der Waals surface area contributed by atoms with Crippen LogP contribution in [0, 0.1) is 5.92 Å². The Bertz CT molecular complexity index is 279. The van der Waals surface area contributed by atoms with Gasteiger partial charge in [-0.2, -0.15) is 0 Å². The number of hydrogen-bond donors (Lipinski definition) is 2. The Balaban J connectivity index is 2.23. The summed E-state index contributed by atoms with van der Waals surface area (Å²) < 4.78 is 0. The highest BCUT2D eigenvalue weighted by molar-refractivity contribution is 5.79. The molecule has 3 atom stereocenters. The highest BCUT2D eigenvalue weighted by atomic mass is 16.2. The predicted molar refractivity (Wildman–Crippen MR) is 84.6 cm³/mol. The minimum Gasteiger partial charge on any atom is -0.353 e. The van der Waals surface area contributed by atoms with Gasteiger partial charge in [0.25, 0.3) is 0 Å². The first-order valence-electron chi connectivity index (χ1n) is 8.36. The number of carbonyl (C=O) groups is 1. The number of nitrogens with zero attached hydrogens (tertiary/aromatic N) is 1. The van der Waals surface area contributed by atoms with Gasteiger partial charge in [0.1, 0.15) is 0 Å². The van der Waals surface area contributed by atoms with Crippen molar-refractivity contribution in [3.05, 3.63) is 0 Å². The van der Waals surface area contributed by atoms with Crippen LogP contribution in [0.2, 0.25) is 0 Å². The molecule has 3 unspecified atom stereocenters. The van der Waals surface area contributed by atoms with Crippen LogP contribution < -0.4 is 11.1 Å². The molecule has 0 radical (unpaired) electrons. The van der Waals surface area contributed by atoms with Gasteiger partial charge >= 0.3 is 0 Å². The van der Waals surface area contributed by atoms with Crippen molar-refractivity contribution in [1.29, 1.82) is 0 Å². The number of carbonyl (C=O) groups excluding carboxylic acids is 1. The lowest BCUT2D eigenvalue weighted by Gasteiger charge is -2.29. The lowest BCUT2D eigenvalue weighted by molar-refractivity contribution is -0.127. The standard InChI is InChI=1S/C16H33N3O/c1-4-19(5-2)12-8-9-13(3)18-16(20)14-10-6-7-11-15(14)17/h13-15H,4-12,17H2,1-3H3,(H,18,20). The third-order valence-electron chi connectivity index (χ3n) is 4.55. The van der Waals surface area contributed by atoms with Crippen molar-refractivity contribution >= 4 is 5.91 Å². The first-order chi connectivity index (χ1) is 9.58. The number of hydrogen-bond acceptors (Lipinski definition) is 3. The molecule has 1 aliphatic carbocycles. The van der Waals surface area contributed by atoms with E-state index in [1.54, 1.807) is 0 Å². The van der Waals surface area contributed by atoms with Gasteiger partial charge in [-0.1, -0.05) is 26.7 Å². The van der Waals surface area contributed by atoms with E-state index < -0.39 is 0 Å². The highest BCUT2D eigenvalue weighted by Gasteiger charge is 2.28. The van der Waals surface area contributed by atoms with E-state index in [-0.39, 0.29) is 23.9 Å². The zero-order chi connectivity index (χ0) is 15.0. The molecule has 118 valence electrons. The molecule has 1 amide bonds. The maximum atomic E-state index is 12.2. The summed E-state index contributed by atoms with van der Waals surface area (Å²) in [4.78, 5) is 14.6. The van der Waals surface area contributed by atoms with Crippen molar-refractivity contribution in [3.8, 4) is 0 Å². The summed E-state index contributed by atoms with van der Waals surface area (Å²) in [5.41, 5.74) is 6.06. The Morgan fingerprint density at radius 2 is 1.95 bits per heavy atom. The van der Waals surface area contributed by atoms with Crippen molar-refractivity contribution < 1.29 is 4.79 Å². The largest absolute Gasteiger partial charge is 0.353 e. The van der Waals surface area contributed by atoms with Gasteiger partial charge in [0, 0.05) is 12.1 Å². The van der Waals surface area contributed by atoms with E-state index in [4.69, 9.17) is 5.73 Å². The molecule has 0 bridgehead atoms. The van der Waals surface area contributed by atoms with Gasteiger partial charge in [0.05, 0.1) is 5.92 Å². The zero-order valence-electron chi connectivity index (χ0n) is 13.5. The van der Waals surface area contributed by atoms with Gasteiger partial charge in [0.15, 0.2) is 0 Å². The molecule has 0 spiro atoms. The van der Waals surface area contributed by atoms with Gasteiger partial charge in [-0.25, -0.2) is 0 Å². The third-order valence-corrected chi connectivity index (χ3v) is 4.55. The lowest BCUT2D eigenvalue weighted by Crippen LogP contribution is -2.46. The summed E-state index contributed by atoms with van der Waals surface area (Å²) in [5, 5.41) is 3.15. The summed E-state index contributed by atoms with van der Waals surface area (Å²) in [5.74, 6) is 0.210. The first kappa shape index (κ1) is 17.4. The van der Waals surface area contributed by atoms with Gasteiger partial charge in [-0.05, 0) is 52.2 Å². The molecule has 0 saturated heterocycles. The molecule has 4 heteroatoms. The Morgan fingerprint density at radius 3 is 2.55 bits per heavy atom. The lowest BCUT2D eigenvalue weighted by atomic mass is 9.84. The summed E-state index contributed by atoms with van der Waals surface area (Å²) in [6.45, 7) is 9.82. The average molecular weight is 283 g/mol. The summed E-state index contributed by atoms with van der Waals surface area (Å²) in [6, 6.07) is 0.318. The van der Waals surface area contributed by atoms with Crippen molar-refractivity contribution in [1.82, 2.24) is 10.2 Å². The summed E-state index contributed by atoms with van der Waals surface area (Å²) in [6.07, 6.45) is 6.45. The van der Waals surface area contributed by atoms with Crippen LogP contribution in [0.5, 0.6) is 0 Å². The van der Waals surface area contributed by atoms with E-state index in [1.165, 1.54) is 6.42 Å². The maximum absolute atomic E-state index is 12.2. The van der Waals surface area contributed by atoms with Gasteiger partial charge in [-0.15, -0.1) is 0 Å². The van der Waals surface area contributed by atoms with E-state index in [0.717, 1.165) is 51.7 Å². The second kappa shape index (κ2) is 9.35. The molecule has 0 heterocycles. The molecule has 0 aromatic carbocycles. The zero-order valence-corrected chi connectivity index (χ0v) is 13.5. The molecule has 1 fully saturated rings. The Morgan fingerprint density at radius 1 is 1.30 bits per heavy atom. The van der Waals surface area contributed by atoms with Crippen LogP contribution >= 0.6 is 0 Å². The number of rotatable bonds is 8. The fourth-order valence-electron chi connectivity index (χ4n) is 3.07. The Labute approximate surface area is 124 Å². The highest BCUT2D eigenvalue weighted by Crippen LogP contribution is 2.23. The van der Waals surface area contributed by atoms with Crippen molar-refractivity contribution in [2.45, 2.75) is 71.4 Å². The molecule has 1 saturated carbocycles. The predicted octanol–water partition coefficient (Wildman–Crippen LogP) is 2.13. The maximum Gasteiger partial charge on any atom is 0.224 e. The third kappa shape index (κ3) is 5.80. The summed E-state index contributed by atoms with van der Waals surface area (Å²) >= 11 is 0. The average Bonchev–Trinajstić information content (AvgIpc) is 2.44. The SMILES string of the molecule is CCN(CC)CCCC(C)NC(=O)C1CCCCC1N. The molecular weight excluding hydrogens is 250 g/mol. The smallest absolute Gasteiger partial charge is 0.224 e. The van der Waals surface area contributed by atoms with E-state index >= 15 is 0 Å². The second-order valence-corrected chi connectivity index (χ2v) is 6.13. The molecule has 1 rings (SSSR count). The van der Waals surface area contributed by atoms with Crippen LogP contribution in [0.3, 0.4) is 0 Å². The van der Waals surface area contributed by atoms with Gasteiger partial charge < -0.3 is 16.0 Å². The molecule has 0 aromatic heterocycles. The fourth-order valence-corrected chi connectivity index (χ4v) is 3.07. The van der Waals surface area contributed by atoms with Crippen LogP contribution in [0.25, 0.3) is 0 Å². The molecule has 20 heavy (non-hydrogen) atoms. The first-order valence-corrected chi connectivity index (χ1v) is 8.36. The molecule has 1 aliphatic rings. The molecule has 4 nitrogen and oxygen atoms in total. The second-order valence-electron chi connectivity index (χ2n) is 6.13. The number of nitrogens with two attached hydrogens (primary N) is 1. The van der Waals surface area contributed by atoms with Crippen LogP contribution in [-0.4, -0.2) is 42.5 Å². The van der Waals surface area contributed by atoms with Crippen LogP contribution in [0.1, 0.15) is 59.3 Å².